The first-order valence-corrected chi connectivity index (χ1v) is 8.50. The molecule has 4 rings (SSSR count). The number of fused-ring (bicyclic) bond motifs is 1. The van der Waals surface area contributed by atoms with E-state index in [4.69, 9.17) is 5.73 Å². The van der Waals surface area contributed by atoms with E-state index in [1.54, 1.807) is 18.4 Å². The van der Waals surface area contributed by atoms with E-state index < -0.39 is 5.54 Å². The Kier molecular flexibility index (Phi) is 3.21. The molecule has 0 saturated heterocycles. The largest absolute Gasteiger partial charge is 0.369 e. The molecule has 0 bridgehead atoms. The lowest BCUT2D eigenvalue weighted by molar-refractivity contribution is -0.128. The Bertz CT molecular complexity index is 959. The summed E-state index contributed by atoms with van der Waals surface area (Å²) in [5.74, 6) is 0.218. The number of thiophene rings is 1. The third kappa shape index (κ3) is 2.20. The van der Waals surface area contributed by atoms with Crippen LogP contribution in [0.1, 0.15) is 18.9 Å². The highest BCUT2D eigenvalue weighted by atomic mass is 32.1. The first-order chi connectivity index (χ1) is 11.5. The second-order valence-corrected chi connectivity index (χ2v) is 7.13. The Morgan fingerprint density at radius 3 is 2.92 bits per heavy atom. The van der Waals surface area contributed by atoms with Gasteiger partial charge in [0, 0.05) is 12.4 Å². The highest BCUT2D eigenvalue weighted by molar-refractivity contribution is 7.13. The summed E-state index contributed by atoms with van der Waals surface area (Å²) < 4.78 is 0. The third-order valence-corrected chi connectivity index (χ3v) is 5.39. The second kappa shape index (κ2) is 5.17. The average Bonchev–Trinajstić information content (AvgIpc) is 3.20. The van der Waals surface area contributed by atoms with E-state index in [9.17, 15) is 4.79 Å². The molecule has 122 valence electrons. The van der Waals surface area contributed by atoms with Crippen LogP contribution in [0.2, 0.25) is 0 Å². The number of guanidine groups is 1. The maximum atomic E-state index is 12.2. The van der Waals surface area contributed by atoms with Crippen molar-refractivity contribution >= 4 is 34.1 Å². The number of aromatic nitrogens is 2. The number of amides is 1. The maximum absolute atomic E-state index is 12.2. The van der Waals surface area contributed by atoms with Crippen molar-refractivity contribution in [2.45, 2.75) is 18.9 Å². The molecule has 0 saturated carbocycles. The van der Waals surface area contributed by atoms with Crippen LogP contribution in [0.15, 0.2) is 40.7 Å². The summed E-state index contributed by atoms with van der Waals surface area (Å²) >= 11 is 1.65. The van der Waals surface area contributed by atoms with Crippen LogP contribution in [0, 0.1) is 0 Å². The van der Waals surface area contributed by atoms with E-state index in [-0.39, 0.29) is 11.9 Å². The van der Waals surface area contributed by atoms with Gasteiger partial charge in [0.25, 0.3) is 0 Å². The van der Waals surface area contributed by atoms with Crippen molar-refractivity contribution in [3.63, 3.8) is 0 Å². The fourth-order valence-corrected chi connectivity index (χ4v) is 3.75. The number of benzene rings is 1. The molecule has 7 heteroatoms. The van der Waals surface area contributed by atoms with Gasteiger partial charge >= 0.3 is 0 Å². The number of H-pyrrole nitrogens is 1. The normalized spacial score (nSPS) is 21.3. The lowest BCUT2D eigenvalue weighted by Gasteiger charge is -2.33. The maximum Gasteiger partial charge on any atom is 0.231 e. The van der Waals surface area contributed by atoms with Crippen molar-refractivity contribution in [1.82, 2.24) is 15.1 Å². The average molecular weight is 339 g/mol. The smallest absolute Gasteiger partial charge is 0.231 e. The molecule has 2 aromatic heterocycles. The number of nitrogens with one attached hydrogen (secondary N) is 1. The van der Waals surface area contributed by atoms with Crippen molar-refractivity contribution in [1.29, 1.82) is 0 Å². The molecular formula is C17H17N5OS. The van der Waals surface area contributed by atoms with Gasteiger partial charge in [0.1, 0.15) is 5.69 Å². The van der Waals surface area contributed by atoms with E-state index in [1.165, 1.54) is 4.90 Å². The number of rotatable bonds is 2. The Hall–Kier alpha value is -2.67. The van der Waals surface area contributed by atoms with Gasteiger partial charge < -0.3 is 5.73 Å². The molecule has 0 unspecified atom stereocenters. The van der Waals surface area contributed by atoms with Gasteiger partial charge in [-0.25, -0.2) is 4.99 Å². The fourth-order valence-electron chi connectivity index (χ4n) is 3.02. The van der Waals surface area contributed by atoms with Crippen molar-refractivity contribution in [2.75, 3.05) is 7.05 Å². The zero-order valence-corrected chi connectivity index (χ0v) is 14.2. The minimum atomic E-state index is -0.661. The van der Waals surface area contributed by atoms with Gasteiger partial charge in [-0.3, -0.25) is 14.8 Å². The third-order valence-electron chi connectivity index (χ3n) is 4.51. The van der Waals surface area contributed by atoms with Crippen molar-refractivity contribution in [3.8, 4) is 10.6 Å². The Morgan fingerprint density at radius 2 is 2.21 bits per heavy atom. The molecule has 0 aliphatic carbocycles. The Balaban J connectivity index is 1.86. The van der Waals surface area contributed by atoms with Gasteiger partial charge in [0.05, 0.1) is 22.4 Å². The molecule has 6 nitrogen and oxygen atoms in total. The molecule has 24 heavy (non-hydrogen) atoms. The molecule has 1 atom stereocenters. The number of aromatic amines is 1. The number of carbonyl (C=O) groups excluding carboxylic acids is 1. The second-order valence-electron chi connectivity index (χ2n) is 6.18. The van der Waals surface area contributed by atoms with Crippen LogP contribution in [0.3, 0.4) is 0 Å². The monoisotopic (exact) mass is 339 g/mol. The zero-order chi connectivity index (χ0) is 16.9. The van der Waals surface area contributed by atoms with E-state index in [0.29, 0.717) is 6.42 Å². The summed E-state index contributed by atoms with van der Waals surface area (Å²) in [5, 5.41) is 10.6. The quantitative estimate of drug-likeness (QED) is 0.752. The lowest BCUT2D eigenvalue weighted by atomic mass is 9.87. The molecule has 3 aromatic rings. The molecule has 1 aliphatic heterocycles. The minimum absolute atomic E-state index is 0.0317. The zero-order valence-electron chi connectivity index (χ0n) is 13.4. The van der Waals surface area contributed by atoms with Crippen LogP contribution >= 0.6 is 11.3 Å². The highest BCUT2D eigenvalue weighted by Gasteiger charge is 2.36. The molecule has 3 N–H and O–H groups in total. The van der Waals surface area contributed by atoms with E-state index in [0.717, 1.165) is 27.0 Å². The molecule has 0 radical (unpaired) electrons. The van der Waals surface area contributed by atoms with Crippen LogP contribution < -0.4 is 5.73 Å². The molecular weight excluding hydrogens is 322 g/mol. The molecule has 0 fully saturated rings. The van der Waals surface area contributed by atoms with E-state index >= 15 is 0 Å². The molecule has 1 aromatic carbocycles. The molecule has 0 spiro atoms. The summed E-state index contributed by atoms with van der Waals surface area (Å²) in [6, 6.07) is 10.1. The van der Waals surface area contributed by atoms with Crippen molar-refractivity contribution < 1.29 is 4.79 Å². The van der Waals surface area contributed by atoms with Crippen LogP contribution in [-0.4, -0.2) is 34.0 Å². The number of aliphatic imine (C=N–C) groups is 1. The number of carbonyl (C=O) groups is 1. The van der Waals surface area contributed by atoms with Gasteiger partial charge in [-0.1, -0.05) is 12.1 Å². The van der Waals surface area contributed by atoms with Crippen LogP contribution in [-0.2, 0) is 10.3 Å². The predicted molar refractivity (Wildman–Crippen MR) is 95.8 cm³/mol. The minimum Gasteiger partial charge on any atom is -0.369 e. The summed E-state index contributed by atoms with van der Waals surface area (Å²) in [6.45, 7) is 1.94. The topological polar surface area (TPSA) is 87.4 Å². The van der Waals surface area contributed by atoms with Gasteiger partial charge in [-0.15, -0.1) is 11.3 Å². The van der Waals surface area contributed by atoms with Crippen LogP contribution in [0.25, 0.3) is 21.5 Å². The summed E-state index contributed by atoms with van der Waals surface area (Å²) in [4.78, 5) is 19.3. The number of hydrogen-bond donors (Lipinski definition) is 2. The van der Waals surface area contributed by atoms with Crippen LogP contribution in [0.4, 0.5) is 0 Å². The van der Waals surface area contributed by atoms with E-state index in [2.05, 4.69) is 21.3 Å². The first-order valence-electron chi connectivity index (χ1n) is 7.62. The summed E-state index contributed by atoms with van der Waals surface area (Å²) in [7, 11) is 1.65. The van der Waals surface area contributed by atoms with Gasteiger partial charge in [0.2, 0.25) is 5.91 Å². The van der Waals surface area contributed by atoms with Gasteiger partial charge in [0.15, 0.2) is 5.96 Å². The number of hydrogen-bond acceptors (Lipinski definition) is 5. The van der Waals surface area contributed by atoms with Crippen molar-refractivity contribution in [3.05, 3.63) is 41.3 Å². The number of nitrogens with two attached hydrogens (primary N) is 1. The lowest BCUT2D eigenvalue weighted by Crippen LogP contribution is -2.47. The fraction of sp³-hybridized carbons (Fsp3) is 0.235. The number of nitrogens with zero attached hydrogens (tertiary/aromatic N) is 3. The molecule has 3 heterocycles. The summed E-state index contributed by atoms with van der Waals surface area (Å²) in [6.07, 6.45) is 0.294. The van der Waals surface area contributed by atoms with Crippen LogP contribution in [0.5, 0.6) is 0 Å². The van der Waals surface area contributed by atoms with E-state index in [1.807, 2.05) is 36.6 Å². The SMILES string of the molecule is CN1C(=O)C[C@@](C)(c2ccc3[nH]nc(-c4cccs4)c3c2)N=C1N. The standard InChI is InChI=1S/C17H17N5OS/c1-17(9-14(23)22(2)16(18)19-17)10-5-6-12-11(8-10)15(21-20-12)13-4-3-7-24-13/h3-8H,9H2,1-2H3,(H2,18,19)(H,20,21)/t17-/m0/s1. The molecule has 1 amide bonds. The van der Waals surface area contributed by atoms with Gasteiger partial charge in [-0.2, -0.15) is 5.10 Å². The first kappa shape index (κ1) is 14.9. The highest BCUT2D eigenvalue weighted by Crippen LogP contribution is 2.37. The van der Waals surface area contributed by atoms with Crippen molar-refractivity contribution in [2.24, 2.45) is 10.7 Å². The van der Waals surface area contributed by atoms with Gasteiger partial charge in [-0.05, 0) is 36.1 Å². The molecule has 1 aliphatic rings. The predicted octanol–water partition coefficient (Wildman–Crippen LogP) is 2.68. The Labute approximate surface area is 143 Å². The Morgan fingerprint density at radius 1 is 1.38 bits per heavy atom. The summed E-state index contributed by atoms with van der Waals surface area (Å²) in [5.41, 5.74) is 8.09.